The van der Waals surface area contributed by atoms with Crippen LogP contribution >= 0.6 is 0 Å². The van der Waals surface area contributed by atoms with E-state index in [9.17, 15) is 4.79 Å². The Morgan fingerprint density at radius 2 is 1.96 bits per heavy atom. The predicted molar refractivity (Wildman–Crippen MR) is 106 cm³/mol. The standard InChI is InChI=1S/C21H22N4O2/c1-25(13-10-16-8-11-22-12-9-16)20-7-6-18(15-23-20)24-21(26)17-4-3-5-19(14-17)27-2/h3-9,11-12,14-15H,10,13H2,1-2H3,(H,24,26). The van der Waals surface area contributed by atoms with E-state index in [1.54, 1.807) is 50.0 Å². The van der Waals surface area contributed by atoms with Gasteiger partial charge >= 0.3 is 0 Å². The van der Waals surface area contributed by atoms with Crippen molar-refractivity contribution in [2.75, 3.05) is 30.9 Å². The van der Waals surface area contributed by atoms with Crippen LogP contribution in [0.5, 0.6) is 5.75 Å². The Balaban J connectivity index is 1.58. The van der Waals surface area contributed by atoms with Gasteiger partial charge in [-0.05, 0) is 54.4 Å². The molecule has 0 saturated heterocycles. The number of likely N-dealkylation sites (N-methyl/N-ethyl adjacent to an activating group) is 1. The third-order valence-corrected chi connectivity index (χ3v) is 4.21. The number of anilines is 2. The van der Waals surface area contributed by atoms with Crippen LogP contribution in [0.25, 0.3) is 0 Å². The molecule has 0 bridgehead atoms. The van der Waals surface area contributed by atoms with Crippen LogP contribution in [0.3, 0.4) is 0 Å². The minimum Gasteiger partial charge on any atom is -0.497 e. The van der Waals surface area contributed by atoms with Crippen molar-refractivity contribution in [2.24, 2.45) is 0 Å². The molecule has 0 aliphatic rings. The number of methoxy groups -OCH3 is 1. The molecule has 1 amide bonds. The summed E-state index contributed by atoms with van der Waals surface area (Å²) >= 11 is 0. The van der Waals surface area contributed by atoms with Gasteiger partial charge in [-0.3, -0.25) is 9.78 Å². The number of ether oxygens (including phenoxy) is 1. The Labute approximate surface area is 158 Å². The number of carbonyl (C=O) groups excluding carboxylic acids is 1. The van der Waals surface area contributed by atoms with E-state index in [2.05, 4.69) is 20.2 Å². The van der Waals surface area contributed by atoms with Gasteiger partial charge in [0.05, 0.1) is 19.0 Å². The summed E-state index contributed by atoms with van der Waals surface area (Å²) in [4.78, 5) is 22.9. The minimum atomic E-state index is -0.200. The second-order valence-electron chi connectivity index (χ2n) is 6.12. The summed E-state index contributed by atoms with van der Waals surface area (Å²) in [5.74, 6) is 1.30. The lowest BCUT2D eigenvalue weighted by atomic mass is 10.2. The highest BCUT2D eigenvalue weighted by Crippen LogP contribution is 2.17. The fourth-order valence-electron chi connectivity index (χ4n) is 2.61. The molecule has 1 N–H and O–H groups in total. The van der Waals surface area contributed by atoms with E-state index in [-0.39, 0.29) is 5.91 Å². The van der Waals surface area contributed by atoms with E-state index in [4.69, 9.17) is 4.74 Å². The number of nitrogens with one attached hydrogen (secondary N) is 1. The fourth-order valence-corrected chi connectivity index (χ4v) is 2.61. The maximum atomic E-state index is 12.4. The molecule has 138 valence electrons. The van der Waals surface area contributed by atoms with Crippen LogP contribution in [0.4, 0.5) is 11.5 Å². The van der Waals surface area contributed by atoms with Gasteiger partial charge in [0.25, 0.3) is 5.91 Å². The van der Waals surface area contributed by atoms with Gasteiger partial charge in [0.1, 0.15) is 11.6 Å². The van der Waals surface area contributed by atoms with Crippen molar-refractivity contribution in [3.63, 3.8) is 0 Å². The highest BCUT2D eigenvalue weighted by atomic mass is 16.5. The molecule has 3 rings (SSSR count). The molecule has 6 heteroatoms. The van der Waals surface area contributed by atoms with Crippen molar-refractivity contribution in [3.8, 4) is 5.75 Å². The number of aromatic nitrogens is 2. The number of benzene rings is 1. The van der Waals surface area contributed by atoms with Gasteiger partial charge in [-0.25, -0.2) is 4.98 Å². The van der Waals surface area contributed by atoms with E-state index in [1.165, 1.54) is 5.56 Å². The number of nitrogens with zero attached hydrogens (tertiary/aromatic N) is 3. The third-order valence-electron chi connectivity index (χ3n) is 4.21. The quantitative estimate of drug-likeness (QED) is 0.698. The monoisotopic (exact) mass is 362 g/mol. The smallest absolute Gasteiger partial charge is 0.255 e. The lowest BCUT2D eigenvalue weighted by molar-refractivity contribution is 0.102. The van der Waals surface area contributed by atoms with Crippen LogP contribution < -0.4 is 15.0 Å². The zero-order valence-electron chi connectivity index (χ0n) is 15.4. The molecule has 3 aromatic rings. The summed E-state index contributed by atoms with van der Waals surface area (Å²) in [6, 6.07) is 14.8. The largest absolute Gasteiger partial charge is 0.497 e. The van der Waals surface area contributed by atoms with Crippen molar-refractivity contribution in [2.45, 2.75) is 6.42 Å². The molecule has 0 saturated carbocycles. The van der Waals surface area contributed by atoms with Gasteiger partial charge in [0, 0.05) is 31.5 Å². The normalized spacial score (nSPS) is 10.3. The number of hydrogen-bond donors (Lipinski definition) is 1. The highest BCUT2D eigenvalue weighted by Gasteiger charge is 2.08. The number of amides is 1. The molecule has 27 heavy (non-hydrogen) atoms. The van der Waals surface area contributed by atoms with Gasteiger partial charge in [-0.2, -0.15) is 0 Å². The topological polar surface area (TPSA) is 67.3 Å². The van der Waals surface area contributed by atoms with Crippen LogP contribution in [0.2, 0.25) is 0 Å². The van der Waals surface area contributed by atoms with E-state index in [1.807, 2.05) is 31.3 Å². The van der Waals surface area contributed by atoms with Gasteiger partial charge in [0.15, 0.2) is 0 Å². The molecule has 2 aromatic heterocycles. The molecular weight excluding hydrogens is 340 g/mol. The van der Waals surface area contributed by atoms with Gasteiger partial charge in [-0.1, -0.05) is 6.07 Å². The lowest BCUT2D eigenvalue weighted by Crippen LogP contribution is -2.21. The Morgan fingerprint density at radius 1 is 1.15 bits per heavy atom. The van der Waals surface area contributed by atoms with Crippen molar-refractivity contribution >= 4 is 17.4 Å². The summed E-state index contributed by atoms with van der Waals surface area (Å²) in [5, 5.41) is 2.85. The summed E-state index contributed by atoms with van der Waals surface area (Å²) in [7, 11) is 3.57. The lowest BCUT2D eigenvalue weighted by Gasteiger charge is -2.18. The third kappa shape index (κ3) is 5.04. The average molecular weight is 362 g/mol. The van der Waals surface area contributed by atoms with Crippen LogP contribution in [0.15, 0.2) is 67.1 Å². The van der Waals surface area contributed by atoms with Crippen LogP contribution in [0.1, 0.15) is 15.9 Å². The van der Waals surface area contributed by atoms with E-state index >= 15 is 0 Å². The first-order valence-electron chi connectivity index (χ1n) is 8.67. The molecule has 0 unspecified atom stereocenters. The fraction of sp³-hybridized carbons (Fsp3) is 0.190. The molecule has 0 spiro atoms. The Hall–Kier alpha value is -3.41. The Morgan fingerprint density at radius 3 is 2.67 bits per heavy atom. The first kappa shape index (κ1) is 18.4. The highest BCUT2D eigenvalue weighted by molar-refractivity contribution is 6.04. The summed E-state index contributed by atoms with van der Waals surface area (Å²) in [6.07, 6.45) is 6.17. The summed E-state index contributed by atoms with van der Waals surface area (Å²) < 4.78 is 5.15. The maximum absolute atomic E-state index is 12.4. The summed E-state index contributed by atoms with van der Waals surface area (Å²) in [5.41, 5.74) is 2.42. The molecule has 0 radical (unpaired) electrons. The molecule has 0 aliphatic carbocycles. The molecule has 0 aliphatic heterocycles. The second-order valence-corrected chi connectivity index (χ2v) is 6.12. The number of hydrogen-bond acceptors (Lipinski definition) is 5. The molecule has 0 atom stereocenters. The zero-order valence-corrected chi connectivity index (χ0v) is 15.4. The molecule has 6 nitrogen and oxygen atoms in total. The first-order chi connectivity index (χ1) is 13.2. The summed E-state index contributed by atoms with van der Waals surface area (Å²) in [6.45, 7) is 0.840. The second kappa shape index (κ2) is 8.80. The van der Waals surface area contributed by atoms with Crippen molar-refractivity contribution in [1.29, 1.82) is 0 Å². The molecule has 0 fully saturated rings. The Kier molecular flexibility index (Phi) is 5.99. The molecular formula is C21H22N4O2. The van der Waals surface area contributed by atoms with E-state index in [0.29, 0.717) is 17.0 Å². The van der Waals surface area contributed by atoms with E-state index in [0.717, 1.165) is 18.8 Å². The molecule has 1 aromatic carbocycles. The number of carbonyl (C=O) groups is 1. The van der Waals surface area contributed by atoms with Gasteiger partial charge in [0.2, 0.25) is 0 Å². The molecule has 2 heterocycles. The zero-order chi connectivity index (χ0) is 19.1. The van der Waals surface area contributed by atoms with Gasteiger partial charge < -0.3 is 15.0 Å². The van der Waals surface area contributed by atoms with Crippen molar-refractivity contribution in [3.05, 3.63) is 78.2 Å². The minimum absolute atomic E-state index is 0.200. The number of rotatable bonds is 7. The Bertz CT molecular complexity index is 882. The van der Waals surface area contributed by atoms with Crippen LogP contribution in [-0.4, -0.2) is 36.6 Å². The van der Waals surface area contributed by atoms with Crippen LogP contribution in [0, 0.1) is 0 Å². The maximum Gasteiger partial charge on any atom is 0.255 e. The van der Waals surface area contributed by atoms with E-state index < -0.39 is 0 Å². The van der Waals surface area contributed by atoms with Crippen molar-refractivity contribution in [1.82, 2.24) is 9.97 Å². The van der Waals surface area contributed by atoms with Crippen LogP contribution in [-0.2, 0) is 6.42 Å². The average Bonchev–Trinajstić information content (AvgIpc) is 2.73. The van der Waals surface area contributed by atoms with Crippen molar-refractivity contribution < 1.29 is 9.53 Å². The predicted octanol–water partition coefficient (Wildman–Crippen LogP) is 3.42. The number of pyridine rings is 2. The first-order valence-corrected chi connectivity index (χ1v) is 8.67. The van der Waals surface area contributed by atoms with Gasteiger partial charge in [-0.15, -0.1) is 0 Å². The SMILES string of the molecule is COc1cccc(C(=O)Nc2ccc(N(C)CCc3ccncc3)nc2)c1.